The highest BCUT2D eigenvalue weighted by Crippen LogP contribution is 2.23. The van der Waals surface area contributed by atoms with Gasteiger partial charge in [-0.3, -0.25) is 4.79 Å². The van der Waals surface area contributed by atoms with Gasteiger partial charge in [0.1, 0.15) is 0 Å². The maximum Gasteiger partial charge on any atom is 0.161 e. The Kier molecular flexibility index (Phi) is 4.73. The van der Waals surface area contributed by atoms with Crippen molar-refractivity contribution in [1.82, 2.24) is 0 Å². The lowest BCUT2D eigenvalue weighted by Gasteiger charge is -2.24. The van der Waals surface area contributed by atoms with Crippen LogP contribution < -0.4 is 11.1 Å². The molecule has 0 saturated heterocycles. The summed E-state index contributed by atoms with van der Waals surface area (Å²) in [6.07, 6.45) is 0.737. The lowest BCUT2D eigenvalue weighted by Crippen LogP contribution is -2.24. The van der Waals surface area contributed by atoms with Gasteiger partial charge < -0.3 is 16.2 Å². The Morgan fingerprint density at radius 1 is 1.44 bits per heavy atom. The topological polar surface area (TPSA) is 75.3 Å². The molecule has 4 N–H and O–H groups in total. The van der Waals surface area contributed by atoms with Gasteiger partial charge in [0.25, 0.3) is 0 Å². The Morgan fingerprint density at radius 3 is 2.61 bits per heavy atom. The van der Waals surface area contributed by atoms with Crippen LogP contribution in [-0.2, 0) is 0 Å². The first kappa shape index (κ1) is 14.5. The summed E-state index contributed by atoms with van der Waals surface area (Å²) in [6.45, 7) is 6.60. The number of aliphatic hydroxyl groups excluding tert-OH is 1. The standard InChI is InChI=1S/C14H22N2O2/c1-10(18)12-5-4-11(8-13(12)15)16-9-14(2,3)6-7-17/h4-5,8,16-17H,6-7,9,15H2,1-3H3. The lowest BCUT2D eigenvalue weighted by molar-refractivity contribution is 0.101. The van der Waals surface area contributed by atoms with Crippen LogP contribution in [0.1, 0.15) is 37.6 Å². The van der Waals surface area contributed by atoms with E-state index in [9.17, 15) is 4.79 Å². The van der Waals surface area contributed by atoms with Crippen LogP contribution in [0.15, 0.2) is 18.2 Å². The summed E-state index contributed by atoms with van der Waals surface area (Å²) in [5.41, 5.74) is 7.77. The third-order valence-corrected chi connectivity index (χ3v) is 2.99. The fourth-order valence-electron chi connectivity index (χ4n) is 1.73. The van der Waals surface area contributed by atoms with E-state index in [4.69, 9.17) is 10.8 Å². The molecule has 0 amide bonds. The van der Waals surface area contributed by atoms with Crippen molar-refractivity contribution in [2.24, 2.45) is 5.41 Å². The van der Waals surface area contributed by atoms with Crippen LogP contribution in [0.25, 0.3) is 0 Å². The lowest BCUT2D eigenvalue weighted by atomic mass is 9.89. The second-order valence-electron chi connectivity index (χ2n) is 5.35. The number of nitrogen functional groups attached to an aromatic ring is 1. The number of benzene rings is 1. The minimum atomic E-state index is -0.0281. The normalized spacial score (nSPS) is 11.3. The number of anilines is 2. The molecule has 100 valence electrons. The second kappa shape index (κ2) is 5.87. The molecule has 0 aliphatic carbocycles. The third kappa shape index (κ3) is 4.04. The Balaban J connectivity index is 2.70. The molecule has 0 spiro atoms. The summed E-state index contributed by atoms with van der Waals surface area (Å²) in [6, 6.07) is 5.35. The molecule has 4 heteroatoms. The van der Waals surface area contributed by atoms with E-state index in [0.29, 0.717) is 11.3 Å². The summed E-state index contributed by atoms with van der Waals surface area (Å²) >= 11 is 0. The molecule has 0 atom stereocenters. The molecule has 0 unspecified atom stereocenters. The molecule has 0 saturated carbocycles. The summed E-state index contributed by atoms with van der Waals surface area (Å²) in [7, 11) is 0. The molecule has 0 aliphatic rings. The molecule has 1 rings (SSSR count). The van der Waals surface area contributed by atoms with Crippen molar-refractivity contribution in [1.29, 1.82) is 0 Å². The summed E-state index contributed by atoms with van der Waals surface area (Å²) in [5, 5.41) is 12.2. The largest absolute Gasteiger partial charge is 0.398 e. The highest BCUT2D eigenvalue weighted by Gasteiger charge is 2.16. The van der Waals surface area contributed by atoms with Crippen molar-refractivity contribution in [2.45, 2.75) is 27.2 Å². The number of carbonyl (C=O) groups is 1. The van der Waals surface area contributed by atoms with Crippen molar-refractivity contribution in [3.05, 3.63) is 23.8 Å². The number of rotatable bonds is 6. The van der Waals surface area contributed by atoms with Crippen LogP contribution in [0.3, 0.4) is 0 Å². The average Bonchev–Trinajstić information content (AvgIpc) is 2.26. The number of aliphatic hydroxyl groups is 1. The Labute approximate surface area is 108 Å². The Morgan fingerprint density at radius 2 is 2.11 bits per heavy atom. The molecule has 1 aromatic rings. The molecule has 0 fully saturated rings. The highest BCUT2D eigenvalue weighted by atomic mass is 16.3. The first-order chi connectivity index (χ1) is 8.35. The van der Waals surface area contributed by atoms with Crippen LogP contribution in [0, 0.1) is 5.41 Å². The van der Waals surface area contributed by atoms with Gasteiger partial charge in [-0.05, 0) is 37.0 Å². The minimum absolute atomic E-state index is 0.0166. The number of ketones is 1. The van der Waals surface area contributed by atoms with Crippen LogP contribution in [0.5, 0.6) is 0 Å². The number of nitrogens with two attached hydrogens (primary N) is 1. The van der Waals surface area contributed by atoms with Gasteiger partial charge >= 0.3 is 0 Å². The van der Waals surface area contributed by atoms with E-state index < -0.39 is 0 Å². The van der Waals surface area contributed by atoms with E-state index in [1.54, 1.807) is 12.1 Å². The SMILES string of the molecule is CC(=O)c1ccc(NCC(C)(C)CCO)cc1N. The van der Waals surface area contributed by atoms with E-state index in [1.807, 2.05) is 6.07 Å². The zero-order valence-electron chi connectivity index (χ0n) is 11.3. The van der Waals surface area contributed by atoms with Crippen LogP contribution in [0.2, 0.25) is 0 Å². The molecule has 0 radical (unpaired) electrons. The van der Waals surface area contributed by atoms with E-state index in [0.717, 1.165) is 18.7 Å². The molecular formula is C14H22N2O2. The number of hydrogen-bond donors (Lipinski definition) is 3. The van der Waals surface area contributed by atoms with E-state index >= 15 is 0 Å². The summed E-state index contributed by atoms with van der Waals surface area (Å²) in [5.74, 6) is -0.0281. The first-order valence-corrected chi connectivity index (χ1v) is 6.11. The predicted octanol–water partition coefficient (Wildman–Crippen LogP) is 2.29. The van der Waals surface area contributed by atoms with Gasteiger partial charge in [-0.2, -0.15) is 0 Å². The van der Waals surface area contributed by atoms with Crippen molar-refractivity contribution >= 4 is 17.2 Å². The van der Waals surface area contributed by atoms with Crippen LogP contribution in [-0.4, -0.2) is 24.0 Å². The monoisotopic (exact) mass is 250 g/mol. The van der Waals surface area contributed by atoms with Crippen molar-refractivity contribution in [2.75, 3.05) is 24.2 Å². The molecule has 4 nitrogen and oxygen atoms in total. The van der Waals surface area contributed by atoms with E-state index in [-0.39, 0.29) is 17.8 Å². The fraction of sp³-hybridized carbons (Fsp3) is 0.500. The van der Waals surface area contributed by atoms with Gasteiger partial charge in [-0.15, -0.1) is 0 Å². The number of carbonyl (C=O) groups excluding carboxylic acids is 1. The van der Waals surface area contributed by atoms with Crippen LogP contribution >= 0.6 is 0 Å². The first-order valence-electron chi connectivity index (χ1n) is 6.11. The van der Waals surface area contributed by atoms with Gasteiger partial charge in [0.05, 0.1) is 0 Å². The molecule has 0 heterocycles. The molecular weight excluding hydrogens is 228 g/mol. The van der Waals surface area contributed by atoms with E-state index in [1.165, 1.54) is 6.92 Å². The smallest absolute Gasteiger partial charge is 0.161 e. The zero-order valence-corrected chi connectivity index (χ0v) is 11.3. The van der Waals surface area contributed by atoms with Gasteiger partial charge in [0, 0.05) is 30.1 Å². The Bertz CT molecular complexity index is 428. The fourth-order valence-corrected chi connectivity index (χ4v) is 1.73. The molecule has 0 aliphatic heterocycles. The van der Waals surface area contributed by atoms with Crippen LogP contribution in [0.4, 0.5) is 11.4 Å². The zero-order chi connectivity index (χ0) is 13.8. The quantitative estimate of drug-likeness (QED) is 0.535. The number of nitrogens with one attached hydrogen (secondary N) is 1. The Hall–Kier alpha value is -1.55. The summed E-state index contributed by atoms with van der Waals surface area (Å²) in [4.78, 5) is 11.3. The average molecular weight is 250 g/mol. The molecule has 0 bridgehead atoms. The second-order valence-corrected chi connectivity index (χ2v) is 5.35. The summed E-state index contributed by atoms with van der Waals surface area (Å²) < 4.78 is 0. The van der Waals surface area contributed by atoms with E-state index in [2.05, 4.69) is 19.2 Å². The number of hydrogen-bond acceptors (Lipinski definition) is 4. The molecule has 1 aromatic carbocycles. The third-order valence-electron chi connectivity index (χ3n) is 2.99. The molecule has 0 aromatic heterocycles. The van der Waals surface area contributed by atoms with Crippen molar-refractivity contribution < 1.29 is 9.90 Å². The maximum atomic E-state index is 11.3. The van der Waals surface area contributed by atoms with Gasteiger partial charge in [0.15, 0.2) is 5.78 Å². The van der Waals surface area contributed by atoms with Crippen molar-refractivity contribution in [3.8, 4) is 0 Å². The van der Waals surface area contributed by atoms with Gasteiger partial charge in [-0.25, -0.2) is 0 Å². The highest BCUT2D eigenvalue weighted by molar-refractivity contribution is 5.99. The number of Topliss-reactive ketones (excluding diaryl/α,β-unsaturated/α-hetero) is 1. The van der Waals surface area contributed by atoms with Crippen molar-refractivity contribution in [3.63, 3.8) is 0 Å². The van der Waals surface area contributed by atoms with Gasteiger partial charge in [0.2, 0.25) is 0 Å². The minimum Gasteiger partial charge on any atom is -0.398 e. The maximum absolute atomic E-state index is 11.3. The molecule has 18 heavy (non-hydrogen) atoms. The predicted molar refractivity (Wildman–Crippen MR) is 74.8 cm³/mol. The van der Waals surface area contributed by atoms with Gasteiger partial charge in [-0.1, -0.05) is 13.8 Å².